The van der Waals surface area contributed by atoms with Gasteiger partial charge < -0.3 is 14.2 Å². The number of carbonyl (C=O) groups excluding carboxylic acids is 3. The van der Waals surface area contributed by atoms with Crippen LogP contribution in [0, 0.1) is 0 Å². The van der Waals surface area contributed by atoms with Gasteiger partial charge in [-0.15, -0.1) is 0 Å². The number of ether oxygens (including phenoxy) is 3. The lowest BCUT2D eigenvalue weighted by molar-refractivity contribution is -0.167. The lowest BCUT2D eigenvalue weighted by Gasteiger charge is -2.18. The predicted molar refractivity (Wildman–Crippen MR) is 279 cm³/mol. The maximum atomic E-state index is 12.8. The molecule has 0 aromatic rings. The van der Waals surface area contributed by atoms with Crippen molar-refractivity contribution in [3.05, 3.63) is 97.2 Å². The number of esters is 3. The van der Waals surface area contributed by atoms with Crippen molar-refractivity contribution < 1.29 is 28.6 Å². The van der Waals surface area contributed by atoms with E-state index in [0.717, 1.165) is 70.6 Å². The van der Waals surface area contributed by atoms with E-state index in [2.05, 4.69) is 57.2 Å². The molecule has 0 aliphatic rings. The molecule has 0 aromatic heterocycles. The normalized spacial score (nSPS) is 12.8. The first-order chi connectivity index (χ1) is 32.0. The quantitative estimate of drug-likeness (QED) is 0.0199. The Morgan fingerprint density at radius 2 is 0.615 bits per heavy atom. The van der Waals surface area contributed by atoms with Gasteiger partial charge in [0.1, 0.15) is 13.2 Å². The van der Waals surface area contributed by atoms with Crippen molar-refractivity contribution in [3.63, 3.8) is 0 Å². The van der Waals surface area contributed by atoms with E-state index in [0.29, 0.717) is 19.3 Å². The largest absolute Gasteiger partial charge is 0.462 e. The molecule has 0 spiro atoms. The predicted octanol–water partition coefficient (Wildman–Crippen LogP) is 17.8. The Balaban J connectivity index is 4.50. The summed E-state index contributed by atoms with van der Waals surface area (Å²) in [6.45, 7) is 6.42. The Bertz CT molecular complexity index is 1310. The van der Waals surface area contributed by atoms with Crippen LogP contribution >= 0.6 is 0 Å². The first-order valence-electron chi connectivity index (χ1n) is 26.8. The zero-order valence-electron chi connectivity index (χ0n) is 42.2. The summed E-state index contributed by atoms with van der Waals surface area (Å²) in [6.07, 6.45) is 69.5. The van der Waals surface area contributed by atoms with Crippen molar-refractivity contribution in [1.82, 2.24) is 0 Å². The molecule has 65 heavy (non-hydrogen) atoms. The number of carbonyl (C=O) groups is 3. The first-order valence-corrected chi connectivity index (χ1v) is 26.8. The maximum absolute atomic E-state index is 12.8. The first kappa shape index (κ1) is 61.3. The standard InChI is InChI=1S/C59H98O6/c1-4-7-10-13-16-19-22-25-28-29-32-34-37-40-43-46-49-52-58(61)64-55-56(65-59(62)53-50-47-44-41-38-35-31-27-24-21-18-15-12-9-6-3)54-63-57(60)51-48-45-42-39-36-33-30-26-23-20-17-14-11-8-5-2/h7,10,13,16,19-25,28-29,32,34,37,56H,4-6,8-9,11-12,14-15,17-18,26-27,30-31,33,35-36,38-55H2,1-3H3/b10-7-,16-13-,22-19-,23-20-,24-21-,28-25-,32-29+,37-34-. The van der Waals surface area contributed by atoms with Crippen LogP contribution in [0.4, 0.5) is 0 Å². The lowest BCUT2D eigenvalue weighted by Crippen LogP contribution is -2.30. The Kier molecular flexibility index (Phi) is 50.0. The average Bonchev–Trinajstić information content (AvgIpc) is 3.30. The highest BCUT2D eigenvalue weighted by Gasteiger charge is 2.19. The van der Waals surface area contributed by atoms with Gasteiger partial charge in [-0.2, -0.15) is 0 Å². The van der Waals surface area contributed by atoms with Crippen molar-refractivity contribution in [2.24, 2.45) is 0 Å². The van der Waals surface area contributed by atoms with Gasteiger partial charge in [-0.1, -0.05) is 227 Å². The van der Waals surface area contributed by atoms with Gasteiger partial charge in [0, 0.05) is 19.3 Å². The molecule has 0 aromatic carbocycles. The monoisotopic (exact) mass is 903 g/mol. The molecule has 0 bridgehead atoms. The third kappa shape index (κ3) is 51.2. The zero-order valence-corrected chi connectivity index (χ0v) is 42.2. The minimum Gasteiger partial charge on any atom is -0.462 e. The Hall–Kier alpha value is -3.67. The molecular weight excluding hydrogens is 805 g/mol. The second kappa shape index (κ2) is 52.9. The van der Waals surface area contributed by atoms with E-state index in [9.17, 15) is 14.4 Å². The van der Waals surface area contributed by atoms with Crippen LogP contribution in [0.15, 0.2) is 97.2 Å². The summed E-state index contributed by atoms with van der Waals surface area (Å²) in [7, 11) is 0. The van der Waals surface area contributed by atoms with E-state index >= 15 is 0 Å². The van der Waals surface area contributed by atoms with Gasteiger partial charge >= 0.3 is 17.9 Å². The Labute approximate surface area is 400 Å². The van der Waals surface area contributed by atoms with Gasteiger partial charge in [-0.25, -0.2) is 0 Å². The lowest BCUT2D eigenvalue weighted by atomic mass is 10.1. The third-order valence-corrected chi connectivity index (χ3v) is 11.2. The fourth-order valence-corrected chi connectivity index (χ4v) is 7.17. The van der Waals surface area contributed by atoms with Crippen molar-refractivity contribution in [3.8, 4) is 0 Å². The number of rotatable bonds is 47. The van der Waals surface area contributed by atoms with Gasteiger partial charge in [-0.3, -0.25) is 14.4 Å². The fourth-order valence-electron chi connectivity index (χ4n) is 7.17. The molecule has 0 saturated heterocycles. The van der Waals surface area contributed by atoms with Crippen LogP contribution in [-0.2, 0) is 28.6 Å². The van der Waals surface area contributed by atoms with Crippen LogP contribution in [-0.4, -0.2) is 37.2 Å². The molecule has 6 nitrogen and oxygen atoms in total. The average molecular weight is 903 g/mol. The molecule has 0 radical (unpaired) electrons. The van der Waals surface area contributed by atoms with Gasteiger partial charge in [0.2, 0.25) is 0 Å². The van der Waals surface area contributed by atoms with Gasteiger partial charge in [0.25, 0.3) is 0 Å². The molecule has 1 unspecified atom stereocenters. The molecule has 0 heterocycles. The molecule has 1 atom stereocenters. The molecule has 0 N–H and O–H groups in total. The highest BCUT2D eigenvalue weighted by Crippen LogP contribution is 2.14. The number of hydrogen-bond acceptors (Lipinski definition) is 6. The topological polar surface area (TPSA) is 78.9 Å². The van der Waals surface area contributed by atoms with E-state index in [1.807, 2.05) is 60.8 Å². The summed E-state index contributed by atoms with van der Waals surface area (Å²) >= 11 is 0. The number of unbranched alkanes of at least 4 members (excludes halogenated alkanes) is 25. The highest BCUT2D eigenvalue weighted by molar-refractivity contribution is 5.71. The SMILES string of the molecule is CC\C=C/C=C\C=C/C=C\C=C\C=C/CCCCCC(=O)OCC(COC(=O)CCCCCCCCC/C=C\CCCCCC)OC(=O)CCCCCCCCC/C=C\CCCCCC. The molecule has 370 valence electrons. The van der Waals surface area contributed by atoms with Crippen molar-refractivity contribution in [2.75, 3.05) is 13.2 Å². The molecule has 0 rings (SSSR count). The summed E-state index contributed by atoms with van der Waals surface area (Å²) in [4.78, 5) is 38.1. The van der Waals surface area contributed by atoms with Crippen molar-refractivity contribution in [1.29, 1.82) is 0 Å². The number of allylic oxidation sites excluding steroid dienone is 16. The molecule has 0 aliphatic heterocycles. The minimum atomic E-state index is -0.800. The minimum absolute atomic E-state index is 0.0966. The molecular formula is C59H98O6. The van der Waals surface area contributed by atoms with E-state index < -0.39 is 6.10 Å². The maximum Gasteiger partial charge on any atom is 0.306 e. The molecule has 0 aliphatic carbocycles. The van der Waals surface area contributed by atoms with Crippen LogP contribution in [0.5, 0.6) is 0 Å². The summed E-state index contributed by atoms with van der Waals surface area (Å²) < 4.78 is 16.8. The molecule has 6 heteroatoms. The van der Waals surface area contributed by atoms with E-state index in [4.69, 9.17) is 14.2 Å². The summed E-state index contributed by atoms with van der Waals surface area (Å²) in [6, 6.07) is 0. The van der Waals surface area contributed by atoms with Crippen LogP contribution in [0.1, 0.15) is 239 Å². The Morgan fingerprint density at radius 3 is 1.00 bits per heavy atom. The zero-order chi connectivity index (χ0) is 47.2. The van der Waals surface area contributed by atoms with E-state index in [1.165, 1.54) is 128 Å². The van der Waals surface area contributed by atoms with Gasteiger partial charge in [0.15, 0.2) is 6.10 Å². The summed E-state index contributed by atoms with van der Waals surface area (Å²) in [5, 5.41) is 0. The highest BCUT2D eigenvalue weighted by atomic mass is 16.6. The van der Waals surface area contributed by atoms with Gasteiger partial charge in [0.05, 0.1) is 0 Å². The second-order valence-corrected chi connectivity index (χ2v) is 17.5. The van der Waals surface area contributed by atoms with E-state index in [-0.39, 0.29) is 31.1 Å². The third-order valence-electron chi connectivity index (χ3n) is 11.2. The summed E-state index contributed by atoms with van der Waals surface area (Å²) in [5.74, 6) is -0.951. The molecule has 0 fully saturated rings. The van der Waals surface area contributed by atoms with Crippen molar-refractivity contribution >= 4 is 17.9 Å². The van der Waals surface area contributed by atoms with Crippen molar-refractivity contribution in [2.45, 2.75) is 245 Å². The van der Waals surface area contributed by atoms with Crippen LogP contribution < -0.4 is 0 Å². The number of hydrogen-bond donors (Lipinski definition) is 0. The van der Waals surface area contributed by atoms with Crippen LogP contribution in [0.2, 0.25) is 0 Å². The fraction of sp³-hybridized carbons (Fsp3) is 0.678. The van der Waals surface area contributed by atoms with Crippen LogP contribution in [0.3, 0.4) is 0 Å². The second-order valence-electron chi connectivity index (χ2n) is 17.5. The summed E-state index contributed by atoms with van der Waals surface area (Å²) in [5.41, 5.74) is 0. The Morgan fingerprint density at radius 1 is 0.323 bits per heavy atom. The molecule has 0 saturated carbocycles. The smallest absolute Gasteiger partial charge is 0.306 e. The van der Waals surface area contributed by atoms with E-state index in [1.54, 1.807) is 0 Å². The molecule has 0 amide bonds. The van der Waals surface area contributed by atoms with Gasteiger partial charge in [-0.05, 0) is 89.9 Å². The van der Waals surface area contributed by atoms with Crippen LogP contribution in [0.25, 0.3) is 0 Å².